The Labute approximate surface area is 151 Å². The molecule has 0 amide bonds. The fraction of sp³-hybridized carbons (Fsp3) is 0.900. The van der Waals surface area contributed by atoms with Crippen LogP contribution in [0, 0.1) is 5.92 Å². The fourth-order valence-corrected chi connectivity index (χ4v) is 5.69. The predicted octanol–water partition coefficient (Wildman–Crippen LogP) is 2.38. The molecule has 0 N–H and O–H groups in total. The summed E-state index contributed by atoms with van der Waals surface area (Å²) in [7, 11) is 0. The summed E-state index contributed by atoms with van der Waals surface area (Å²) in [6, 6.07) is 1.81. The Morgan fingerprint density at radius 1 is 1.08 bits per heavy atom. The van der Waals surface area contributed by atoms with Crippen molar-refractivity contribution in [1.29, 1.82) is 0 Å². The summed E-state index contributed by atoms with van der Waals surface area (Å²) in [5, 5.41) is 0. The number of ether oxygens (including phenoxy) is 1. The molecule has 25 heavy (non-hydrogen) atoms. The average Bonchev–Trinajstić information content (AvgIpc) is 2.55. The number of Topliss-reactive ketones (excluding diaryl/α,β-unsaturated/α-hetero) is 1. The second kappa shape index (κ2) is 6.99. The number of fused-ring (bicyclic) bond motifs is 6. The topological polar surface area (TPSA) is 49.9 Å². The minimum absolute atomic E-state index is 0.0360. The van der Waals surface area contributed by atoms with Gasteiger partial charge in [0.25, 0.3) is 0 Å². The van der Waals surface area contributed by atoms with Crippen LogP contribution < -0.4 is 0 Å². The number of rotatable bonds is 3. The highest BCUT2D eigenvalue weighted by Crippen LogP contribution is 2.41. The summed E-state index contributed by atoms with van der Waals surface area (Å²) in [6.45, 7) is 6.22. The molecule has 0 saturated carbocycles. The summed E-state index contributed by atoms with van der Waals surface area (Å²) in [6.07, 6.45) is 7.71. The Balaban J connectivity index is 1.40. The van der Waals surface area contributed by atoms with Gasteiger partial charge < -0.3 is 4.74 Å². The van der Waals surface area contributed by atoms with Crippen molar-refractivity contribution in [2.75, 3.05) is 13.1 Å². The van der Waals surface area contributed by atoms with Crippen LogP contribution in [-0.4, -0.2) is 64.9 Å². The second-order valence-electron chi connectivity index (χ2n) is 8.96. The number of carbonyl (C=O) groups is 2. The largest absolute Gasteiger partial charge is 0.462 e. The van der Waals surface area contributed by atoms with Gasteiger partial charge in [0.2, 0.25) is 0 Å². The zero-order chi connectivity index (χ0) is 17.6. The smallest absolute Gasteiger partial charge is 0.306 e. The number of hydrogen-bond donors (Lipinski definition) is 0. The van der Waals surface area contributed by atoms with Gasteiger partial charge in [-0.1, -0.05) is 13.8 Å². The van der Waals surface area contributed by atoms with Crippen molar-refractivity contribution in [3.05, 3.63) is 0 Å². The Bertz CT molecular complexity index is 535. The summed E-state index contributed by atoms with van der Waals surface area (Å²) < 4.78 is 5.76. The normalized spacial score (nSPS) is 39.0. The van der Waals surface area contributed by atoms with Gasteiger partial charge in [-0.3, -0.25) is 19.4 Å². The third-order valence-corrected chi connectivity index (χ3v) is 6.72. The van der Waals surface area contributed by atoms with Crippen LogP contribution in [0.1, 0.15) is 65.2 Å². The Morgan fingerprint density at radius 2 is 1.80 bits per heavy atom. The summed E-state index contributed by atoms with van der Waals surface area (Å²) in [4.78, 5) is 29.5. The molecule has 0 spiro atoms. The zero-order valence-corrected chi connectivity index (χ0v) is 15.7. The Hall–Kier alpha value is -0.940. The van der Waals surface area contributed by atoms with Crippen molar-refractivity contribution in [3.8, 4) is 0 Å². The number of nitrogens with zero attached hydrogens (tertiary/aromatic N) is 2. The van der Waals surface area contributed by atoms with E-state index in [0.29, 0.717) is 36.2 Å². The fourth-order valence-electron chi connectivity index (χ4n) is 5.69. The number of esters is 1. The van der Waals surface area contributed by atoms with Crippen LogP contribution >= 0.6 is 0 Å². The molecule has 0 aromatic rings. The second-order valence-corrected chi connectivity index (χ2v) is 8.96. The van der Waals surface area contributed by atoms with Crippen molar-refractivity contribution >= 4 is 11.8 Å². The van der Waals surface area contributed by atoms with E-state index in [1.165, 1.54) is 6.42 Å². The first kappa shape index (κ1) is 17.5. The maximum atomic E-state index is 12.4. The van der Waals surface area contributed by atoms with Crippen LogP contribution in [0.25, 0.3) is 0 Å². The van der Waals surface area contributed by atoms with E-state index in [0.717, 1.165) is 51.6 Å². The zero-order valence-electron chi connectivity index (χ0n) is 15.7. The molecule has 4 heterocycles. The van der Waals surface area contributed by atoms with E-state index in [1.54, 1.807) is 0 Å². The first-order valence-corrected chi connectivity index (χ1v) is 10.2. The van der Waals surface area contributed by atoms with Gasteiger partial charge >= 0.3 is 5.97 Å². The van der Waals surface area contributed by atoms with Crippen LogP contribution in [0.15, 0.2) is 0 Å². The average molecular weight is 348 g/mol. The van der Waals surface area contributed by atoms with Gasteiger partial charge in [-0.25, -0.2) is 0 Å². The van der Waals surface area contributed by atoms with E-state index in [9.17, 15) is 9.59 Å². The van der Waals surface area contributed by atoms with Gasteiger partial charge in [0.1, 0.15) is 11.9 Å². The van der Waals surface area contributed by atoms with Gasteiger partial charge in [0, 0.05) is 43.9 Å². The van der Waals surface area contributed by atoms with Crippen molar-refractivity contribution in [2.45, 2.75) is 95.5 Å². The predicted molar refractivity (Wildman–Crippen MR) is 95.2 cm³/mol. The molecule has 4 aliphatic rings. The number of piperidine rings is 4. The molecule has 0 aromatic carbocycles. The number of hydrogen-bond acceptors (Lipinski definition) is 5. The van der Waals surface area contributed by atoms with Gasteiger partial charge in [0.15, 0.2) is 0 Å². The van der Waals surface area contributed by atoms with Crippen LogP contribution in [-0.2, 0) is 14.3 Å². The minimum Gasteiger partial charge on any atom is -0.462 e. The molecule has 4 rings (SSSR count). The van der Waals surface area contributed by atoms with Crippen molar-refractivity contribution < 1.29 is 14.3 Å². The highest BCUT2D eigenvalue weighted by atomic mass is 16.5. The van der Waals surface area contributed by atoms with Crippen molar-refractivity contribution in [3.63, 3.8) is 0 Å². The molecule has 2 bridgehead atoms. The van der Waals surface area contributed by atoms with E-state index in [4.69, 9.17) is 4.74 Å². The van der Waals surface area contributed by atoms with E-state index >= 15 is 0 Å². The SMILES string of the molecule is CC(C)CC(=O)OC1CCN2C(C1)CC1CC2CC2C(=O)CCCN12. The molecule has 5 heteroatoms. The lowest BCUT2D eigenvalue weighted by molar-refractivity contribution is -0.158. The van der Waals surface area contributed by atoms with E-state index in [1.807, 2.05) is 0 Å². The third-order valence-electron chi connectivity index (χ3n) is 6.72. The van der Waals surface area contributed by atoms with Gasteiger partial charge in [0.05, 0.1) is 6.04 Å². The van der Waals surface area contributed by atoms with E-state index in [-0.39, 0.29) is 18.1 Å². The molecule has 5 nitrogen and oxygen atoms in total. The maximum absolute atomic E-state index is 12.4. The monoisotopic (exact) mass is 348 g/mol. The minimum atomic E-state index is -0.0360. The Kier molecular flexibility index (Phi) is 4.89. The quantitative estimate of drug-likeness (QED) is 0.733. The Morgan fingerprint density at radius 3 is 2.56 bits per heavy atom. The molecule has 0 aliphatic carbocycles. The lowest BCUT2D eigenvalue weighted by Crippen LogP contribution is -2.66. The summed E-state index contributed by atoms with van der Waals surface area (Å²) in [5.74, 6) is 0.790. The maximum Gasteiger partial charge on any atom is 0.306 e. The molecule has 5 unspecified atom stereocenters. The van der Waals surface area contributed by atoms with E-state index < -0.39 is 0 Å². The highest BCUT2D eigenvalue weighted by Gasteiger charge is 2.49. The van der Waals surface area contributed by atoms with Crippen LogP contribution in [0.4, 0.5) is 0 Å². The summed E-state index contributed by atoms with van der Waals surface area (Å²) >= 11 is 0. The molecule has 5 atom stereocenters. The highest BCUT2D eigenvalue weighted by molar-refractivity contribution is 5.85. The van der Waals surface area contributed by atoms with Crippen LogP contribution in [0.5, 0.6) is 0 Å². The number of ketones is 1. The van der Waals surface area contributed by atoms with Gasteiger partial charge in [-0.05, 0) is 44.6 Å². The first-order valence-electron chi connectivity index (χ1n) is 10.2. The van der Waals surface area contributed by atoms with E-state index in [2.05, 4.69) is 23.6 Å². The van der Waals surface area contributed by atoms with Crippen LogP contribution in [0.3, 0.4) is 0 Å². The lowest BCUT2D eigenvalue weighted by atomic mass is 9.76. The van der Waals surface area contributed by atoms with Crippen molar-refractivity contribution in [2.24, 2.45) is 5.92 Å². The standard InChI is InChI=1S/C20H32N2O3/c1-13(2)8-20(24)25-17-5-7-21-15(11-17)9-14-10-16(21)12-18-19(23)4-3-6-22(14)18/h13-18H,3-12H2,1-2H3. The van der Waals surface area contributed by atoms with Gasteiger partial charge in [-0.2, -0.15) is 0 Å². The molecular formula is C20H32N2O3. The molecule has 4 aliphatic heterocycles. The lowest BCUT2D eigenvalue weighted by Gasteiger charge is -2.57. The summed E-state index contributed by atoms with van der Waals surface area (Å²) in [5.41, 5.74) is 0. The first-order chi connectivity index (χ1) is 12.0. The molecule has 0 radical (unpaired) electrons. The van der Waals surface area contributed by atoms with Crippen LogP contribution in [0.2, 0.25) is 0 Å². The van der Waals surface area contributed by atoms with Crippen molar-refractivity contribution in [1.82, 2.24) is 9.80 Å². The number of carbonyl (C=O) groups excluding carboxylic acids is 2. The molecule has 140 valence electrons. The molecular weight excluding hydrogens is 316 g/mol. The van der Waals surface area contributed by atoms with Gasteiger partial charge in [-0.15, -0.1) is 0 Å². The molecule has 4 fully saturated rings. The molecule has 0 aromatic heterocycles. The molecule has 4 saturated heterocycles. The third kappa shape index (κ3) is 3.50.